The zero-order valence-electron chi connectivity index (χ0n) is 9.07. The average molecular weight is 221 g/mol. The lowest BCUT2D eigenvalue weighted by Crippen LogP contribution is -2.42. The van der Waals surface area contributed by atoms with Gasteiger partial charge in [0, 0.05) is 5.69 Å². The molecule has 0 bridgehead atoms. The molecule has 1 aromatic carbocycles. The highest BCUT2D eigenvalue weighted by Gasteiger charge is 2.11. The molecule has 5 N–H and O–H groups in total. The van der Waals surface area contributed by atoms with Crippen LogP contribution in [0.1, 0.15) is 12.5 Å². The Balaban J connectivity index is 2.52. The highest BCUT2D eigenvalue weighted by Crippen LogP contribution is 2.05. The van der Waals surface area contributed by atoms with Crippen LogP contribution >= 0.6 is 0 Å². The SMILES string of the molecule is CC(NC(=O)Cc1ccc(N)cc1)C(N)=O. The van der Waals surface area contributed by atoms with E-state index in [4.69, 9.17) is 11.5 Å². The summed E-state index contributed by atoms with van der Waals surface area (Å²) >= 11 is 0. The molecule has 5 nitrogen and oxygen atoms in total. The second-order valence-corrected chi connectivity index (χ2v) is 3.61. The summed E-state index contributed by atoms with van der Waals surface area (Å²) in [5.74, 6) is -0.790. The van der Waals surface area contributed by atoms with E-state index in [1.165, 1.54) is 0 Å². The Bertz CT molecular complexity index is 387. The number of nitrogen functional groups attached to an aromatic ring is 1. The van der Waals surface area contributed by atoms with Crippen LogP contribution in [0.25, 0.3) is 0 Å². The quantitative estimate of drug-likeness (QED) is 0.614. The molecule has 0 fully saturated rings. The molecule has 16 heavy (non-hydrogen) atoms. The van der Waals surface area contributed by atoms with E-state index in [2.05, 4.69) is 5.32 Å². The van der Waals surface area contributed by atoms with Crippen molar-refractivity contribution in [3.8, 4) is 0 Å². The van der Waals surface area contributed by atoms with E-state index in [-0.39, 0.29) is 12.3 Å². The van der Waals surface area contributed by atoms with Gasteiger partial charge in [-0.1, -0.05) is 12.1 Å². The minimum Gasteiger partial charge on any atom is -0.399 e. The Hall–Kier alpha value is -2.04. The van der Waals surface area contributed by atoms with Crippen molar-refractivity contribution in [3.63, 3.8) is 0 Å². The van der Waals surface area contributed by atoms with Crippen molar-refractivity contribution in [1.29, 1.82) is 0 Å². The zero-order chi connectivity index (χ0) is 12.1. The van der Waals surface area contributed by atoms with Crippen LogP contribution in [-0.2, 0) is 16.0 Å². The maximum Gasteiger partial charge on any atom is 0.239 e. The summed E-state index contributed by atoms with van der Waals surface area (Å²) in [6, 6.07) is 6.33. The molecule has 0 saturated heterocycles. The number of anilines is 1. The van der Waals surface area contributed by atoms with Gasteiger partial charge in [0.25, 0.3) is 0 Å². The number of rotatable bonds is 4. The average Bonchev–Trinajstić information content (AvgIpc) is 2.21. The normalized spacial score (nSPS) is 11.8. The number of carbonyl (C=O) groups excluding carboxylic acids is 2. The zero-order valence-corrected chi connectivity index (χ0v) is 9.07. The topological polar surface area (TPSA) is 98.2 Å². The number of carbonyl (C=O) groups is 2. The fourth-order valence-corrected chi connectivity index (χ4v) is 1.18. The van der Waals surface area contributed by atoms with E-state index in [0.717, 1.165) is 5.56 Å². The summed E-state index contributed by atoms with van der Waals surface area (Å²) in [6.45, 7) is 1.54. The fraction of sp³-hybridized carbons (Fsp3) is 0.273. The van der Waals surface area contributed by atoms with Gasteiger partial charge in [0.15, 0.2) is 0 Å². The third kappa shape index (κ3) is 3.61. The molecule has 1 aromatic rings. The van der Waals surface area contributed by atoms with Gasteiger partial charge in [-0.3, -0.25) is 9.59 Å². The molecule has 0 aromatic heterocycles. The molecule has 1 unspecified atom stereocenters. The van der Waals surface area contributed by atoms with E-state index in [1.807, 2.05) is 0 Å². The molecule has 2 amide bonds. The molecular formula is C11H15N3O2. The third-order valence-corrected chi connectivity index (χ3v) is 2.15. The Morgan fingerprint density at radius 3 is 2.38 bits per heavy atom. The molecule has 5 heteroatoms. The highest BCUT2D eigenvalue weighted by molar-refractivity contribution is 5.87. The molecule has 86 valence electrons. The summed E-state index contributed by atoms with van der Waals surface area (Å²) in [7, 11) is 0. The first-order valence-corrected chi connectivity index (χ1v) is 4.92. The summed E-state index contributed by atoms with van der Waals surface area (Å²) in [5.41, 5.74) is 12.0. The number of amides is 2. The summed E-state index contributed by atoms with van der Waals surface area (Å²) in [4.78, 5) is 22.2. The number of hydrogen-bond donors (Lipinski definition) is 3. The van der Waals surface area contributed by atoms with Gasteiger partial charge >= 0.3 is 0 Å². The molecule has 0 aliphatic heterocycles. The van der Waals surface area contributed by atoms with E-state index >= 15 is 0 Å². The smallest absolute Gasteiger partial charge is 0.239 e. The molecule has 0 aliphatic rings. The fourth-order valence-electron chi connectivity index (χ4n) is 1.18. The van der Waals surface area contributed by atoms with Crippen LogP contribution < -0.4 is 16.8 Å². The van der Waals surface area contributed by atoms with Gasteiger partial charge in [-0.15, -0.1) is 0 Å². The summed E-state index contributed by atoms with van der Waals surface area (Å²) < 4.78 is 0. The van der Waals surface area contributed by atoms with Gasteiger partial charge in [-0.05, 0) is 24.6 Å². The molecule has 0 saturated carbocycles. The van der Waals surface area contributed by atoms with Gasteiger partial charge in [0.05, 0.1) is 6.42 Å². The van der Waals surface area contributed by atoms with Gasteiger partial charge in [0.1, 0.15) is 6.04 Å². The van der Waals surface area contributed by atoms with Crippen molar-refractivity contribution in [2.45, 2.75) is 19.4 Å². The summed E-state index contributed by atoms with van der Waals surface area (Å²) in [6.07, 6.45) is 0.206. The second-order valence-electron chi connectivity index (χ2n) is 3.61. The lowest BCUT2D eigenvalue weighted by atomic mass is 10.1. The molecule has 0 spiro atoms. The first-order chi connectivity index (χ1) is 7.49. The Kier molecular flexibility index (Phi) is 3.88. The van der Waals surface area contributed by atoms with Crippen LogP contribution in [-0.4, -0.2) is 17.9 Å². The lowest BCUT2D eigenvalue weighted by Gasteiger charge is -2.09. The number of nitrogens with one attached hydrogen (secondary N) is 1. The van der Waals surface area contributed by atoms with E-state index in [0.29, 0.717) is 5.69 Å². The summed E-state index contributed by atoms with van der Waals surface area (Å²) in [5, 5.41) is 2.50. The molecule has 0 heterocycles. The predicted molar refractivity (Wildman–Crippen MR) is 61.4 cm³/mol. The Labute approximate surface area is 93.8 Å². The lowest BCUT2D eigenvalue weighted by molar-refractivity contribution is -0.126. The first kappa shape index (κ1) is 12.0. The van der Waals surface area contributed by atoms with Gasteiger partial charge in [-0.2, -0.15) is 0 Å². The number of nitrogens with two attached hydrogens (primary N) is 2. The van der Waals surface area contributed by atoms with Crippen molar-refractivity contribution in [1.82, 2.24) is 5.32 Å². The van der Waals surface area contributed by atoms with Crippen molar-refractivity contribution < 1.29 is 9.59 Å². The largest absolute Gasteiger partial charge is 0.399 e. The predicted octanol–water partition coefficient (Wildman–Crippen LogP) is -0.199. The van der Waals surface area contributed by atoms with Crippen molar-refractivity contribution in [3.05, 3.63) is 29.8 Å². The van der Waals surface area contributed by atoms with Crippen molar-refractivity contribution in [2.75, 3.05) is 5.73 Å². The van der Waals surface area contributed by atoms with Crippen LogP contribution in [0.5, 0.6) is 0 Å². The van der Waals surface area contributed by atoms with Crippen LogP contribution in [0.4, 0.5) is 5.69 Å². The second kappa shape index (κ2) is 5.16. The first-order valence-electron chi connectivity index (χ1n) is 4.92. The Morgan fingerprint density at radius 1 is 1.31 bits per heavy atom. The molecule has 0 aliphatic carbocycles. The van der Waals surface area contributed by atoms with Gasteiger partial charge in [0.2, 0.25) is 11.8 Å². The van der Waals surface area contributed by atoms with E-state index in [9.17, 15) is 9.59 Å². The highest BCUT2D eigenvalue weighted by atomic mass is 16.2. The van der Waals surface area contributed by atoms with Crippen molar-refractivity contribution in [2.24, 2.45) is 5.73 Å². The van der Waals surface area contributed by atoms with Gasteiger partial charge in [-0.25, -0.2) is 0 Å². The number of benzene rings is 1. The molecular weight excluding hydrogens is 206 g/mol. The maximum absolute atomic E-state index is 11.5. The number of primary amides is 1. The van der Waals surface area contributed by atoms with Crippen LogP contribution in [0.15, 0.2) is 24.3 Å². The number of hydrogen-bond acceptors (Lipinski definition) is 3. The molecule has 1 atom stereocenters. The Morgan fingerprint density at radius 2 is 1.88 bits per heavy atom. The maximum atomic E-state index is 11.5. The van der Waals surface area contributed by atoms with E-state index < -0.39 is 11.9 Å². The standard InChI is InChI=1S/C11H15N3O2/c1-7(11(13)16)14-10(15)6-8-2-4-9(12)5-3-8/h2-5,7H,6,12H2,1H3,(H2,13,16)(H,14,15). The van der Waals surface area contributed by atoms with Gasteiger partial charge < -0.3 is 16.8 Å². The minimum atomic E-state index is -0.652. The van der Waals surface area contributed by atoms with Crippen LogP contribution in [0.3, 0.4) is 0 Å². The molecule has 1 rings (SSSR count). The third-order valence-electron chi connectivity index (χ3n) is 2.15. The van der Waals surface area contributed by atoms with Crippen molar-refractivity contribution >= 4 is 17.5 Å². The van der Waals surface area contributed by atoms with E-state index in [1.54, 1.807) is 31.2 Å². The minimum absolute atomic E-state index is 0.206. The van der Waals surface area contributed by atoms with Crippen LogP contribution in [0, 0.1) is 0 Å². The van der Waals surface area contributed by atoms with Crippen LogP contribution in [0.2, 0.25) is 0 Å². The molecule has 0 radical (unpaired) electrons. The monoisotopic (exact) mass is 221 g/mol.